The summed E-state index contributed by atoms with van der Waals surface area (Å²) in [6.45, 7) is 4.18. The molecule has 0 radical (unpaired) electrons. The van der Waals surface area contributed by atoms with Crippen molar-refractivity contribution in [3.63, 3.8) is 0 Å². The highest BCUT2D eigenvalue weighted by Gasteiger charge is 2.14. The third-order valence-corrected chi connectivity index (χ3v) is 5.26. The Balaban J connectivity index is 1.82. The molecule has 29 heavy (non-hydrogen) atoms. The highest BCUT2D eigenvalue weighted by Crippen LogP contribution is 2.32. The van der Waals surface area contributed by atoms with E-state index in [1.807, 2.05) is 36.7 Å². The summed E-state index contributed by atoms with van der Waals surface area (Å²) >= 11 is 0. The molecule has 0 atom stereocenters. The molecule has 0 aliphatic carbocycles. The minimum Gasteiger partial charge on any atom is -0.300 e. The molecule has 4 heteroatoms. The Morgan fingerprint density at radius 2 is 1.55 bits per heavy atom. The molecule has 0 aliphatic heterocycles. The van der Waals surface area contributed by atoms with Crippen LogP contribution in [0, 0.1) is 36.5 Å². The minimum atomic E-state index is 0.395. The molecule has 1 aromatic heterocycles. The van der Waals surface area contributed by atoms with Gasteiger partial charge in [0.1, 0.15) is 18.0 Å². The highest BCUT2D eigenvalue weighted by atomic mass is 15.1. The van der Waals surface area contributed by atoms with E-state index in [1.165, 1.54) is 0 Å². The van der Waals surface area contributed by atoms with E-state index in [1.54, 1.807) is 12.1 Å². The van der Waals surface area contributed by atoms with Crippen molar-refractivity contribution >= 4 is 0 Å². The van der Waals surface area contributed by atoms with Crippen molar-refractivity contribution < 1.29 is 0 Å². The van der Waals surface area contributed by atoms with Gasteiger partial charge in [-0.05, 0) is 54.3 Å². The molecule has 0 saturated heterocycles. The number of nitrogens with zero attached hydrogens (tertiary/aromatic N) is 4. The second kappa shape index (κ2) is 7.46. The molecule has 0 N–H and O–H groups in total. The van der Waals surface area contributed by atoms with E-state index in [2.05, 4.69) is 59.8 Å². The summed E-state index contributed by atoms with van der Waals surface area (Å²) in [5.74, 6) is 0.894. The Labute approximate surface area is 169 Å². The first-order valence-electron chi connectivity index (χ1n) is 9.28. The van der Waals surface area contributed by atoms with Gasteiger partial charge < -0.3 is 0 Å². The topological polar surface area (TPSA) is 65.4 Å². The summed E-state index contributed by atoms with van der Waals surface area (Å²) in [6.07, 6.45) is 3.78. The number of nitriles is 2. The summed E-state index contributed by atoms with van der Waals surface area (Å²) in [7, 11) is 0. The molecule has 0 saturated carbocycles. The Hall–Kier alpha value is -4.15. The van der Waals surface area contributed by atoms with E-state index in [0.717, 1.165) is 39.3 Å². The lowest BCUT2D eigenvalue weighted by Gasteiger charge is -2.16. The molecule has 4 aromatic rings. The normalized spacial score (nSPS) is 10.3. The van der Waals surface area contributed by atoms with Gasteiger partial charge in [-0.3, -0.25) is 4.57 Å². The van der Waals surface area contributed by atoms with Gasteiger partial charge in [0.2, 0.25) is 0 Å². The summed E-state index contributed by atoms with van der Waals surface area (Å²) in [5, 5.41) is 18.5. The second-order valence-electron chi connectivity index (χ2n) is 6.85. The number of hydrogen-bond acceptors (Lipinski definition) is 3. The predicted octanol–water partition coefficient (Wildman–Crippen LogP) is 5.57. The van der Waals surface area contributed by atoms with Gasteiger partial charge in [-0.15, -0.1) is 0 Å². The lowest BCUT2D eigenvalue weighted by Crippen LogP contribution is -2.01. The first-order valence-corrected chi connectivity index (χ1v) is 9.28. The third kappa shape index (κ3) is 3.18. The fourth-order valence-corrected chi connectivity index (χ4v) is 3.58. The average molecular weight is 374 g/mol. The van der Waals surface area contributed by atoms with Crippen molar-refractivity contribution in [1.82, 2.24) is 9.55 Å². The van der Waals surface area contributed by atoms with Gasteiger partial charge in [-0.25, -0.2) is 4.98 Å². The van der Waals surface area contributed by atoms with Crippen molar-refractivity contribution in [1.29, 1.82) is 10.5 Å². The SMILES string of the molecule is Cc1c(-c2ccc(C#N)c(C#N)c2)ccc(-n2ccnc2-c2ccccc2)c1C. The van der Waals surface area contributed by atoms with E-state index in [0.29, 0.717) is 11.1 Å². The number of aromatic nitrogens is 2. The van der Waals surface area contributed by atoms with Crippen LogP contribution < -0.4 is 0 Å². The Morgan fingerprint density at radius 3 is 2.28 bits per heavy atom. The maximum Gasteiger partial charge on any atom is 0.144 e. The number of benzene rings is 3. The van der Waals surface area contributed by atoms with Crippen LogP contribution in [-0.2, 0) is 0 Å². The van der Waals surface area contributed by atoms with Gasteiger partial charge in [0.15, 0.2) is 0 Å². The zero-order chi connectivity index (χ0) is 20.4. The average Bonchev–Trinajstić information content (AvgIpc) is 3.25. The summed E-state index contributed by atoms with van der Waals surface area (Å²) in [4.78, 5) is 4.55. The summed E-state index contributed by atoms with van der Waals surface area (Å²) in [6, 6.07) is 23.8. The predicted molar refractivity (Wildman–Crippen MR) is 113 cm³/mol. The van der Waals surface area contributed by atoms with Crippen LogP contribution >= 0.6 is 0 Å². The Morgan fingerprint density at radius 1 is 0.793 bits per heavy atom. The first kappa shape index (κ1) is 18.2. The maximum absolute atomic E-state index is 9.34. The van der Waals surface area contributed by atoms with Gasteiger partial charge in [0.05, 0.1) is 16.8 Å². The zero-order valence-corrected chi connectivity index (χ0v) is 16.2. The largest absolute Gasteiger partial charge is 0.300 e. The van der Waals surface area contributed by atoms with Crippen molar-refractivity contribution in [2.45, 2.75) is 13.8 Å². The van der Waals surface area contributed by atoms with Crippen LogP contribution in [0.2, 0.25) is 0 Å². The molecule has 0 fully saturated rings. The summed E-state index contributed by atoms with van der Waals surface area (Å²) < 4.78 is 2.10. The number of hydrogen-bond donors (Lipinski definition) is 0. The zero-order valence-electron chi connectivity index (χ0n) is 16.2. The van der Waals surface area contributed by atoms with Crippen molar-refractivity contribution in [3.8, 4) is 40.3 Å². The maximum atomic E-state index is 9.34. The molecule has 0 spiro atoms. The van der Waals surface area contributed by atoms with Crippen LogP contribution in [-0.4, -0.2) is 9.55 Å². The van der Waals surface area contributed by atoms with E-state index in [9.17, 15) is 5.26 Å². The quantitative estimate of drug-likeness (QED) is 0.471. The molecule has 138 valence electrons. The Kier molecular flexibility index (Phi) is 4.69. The van der Waals surface area contributed by atoms with Gasteiger partial charge >= 0.3 is 0 Å². The van der Waals surface area contributed by atoms with Gasteiger partial charge in [-0.2, -0.15) is 10.5 Å². The number of rotatable bonds is 3. The van der Waals surface area contributed by atoms with E-state index in [4.69, 9.17) is 5.26 Å². The van der Waals surface area contributed by atoms with E-state index >= 15 is 0 Å². The fraction of sp³-hybridized carbons (Fsp3) is 0.0800. The fourth-order valence-electron chi connectivity index (χ4n) is 3.58. The number of imidazole rings is 1. The lowest BCUT2D eigenvalue weighted by molar-refractivity contribution is 1.04. The molecule has 1 heterocycles. The smallest absolute Gasteiger partial charge is 0.144 e. The van der Waals surface area contributed by atoms with Gasteiger partial charge in [0.25, 0.3) is 0 Å². The lowest BCUT2D eigenvalue weighted by atomic mass is 9.93. The Bertz CT molecular complexity index is 1280. The molecule has 3 aromatic carbocycles. The van der Waals surface area contributed by atoms with Crippen molar-refractivity contribution in [2.24, 2.45) is 0 Å². The van der Waals surface area contributed by atoms with Crippen molar-refractivity contribution in [3.05, 3.63) is 95.3 Å². The molecule has 4 rings (SSSR count). The van der Waals surface area contributed by atoms with Crippen LogP contribution in [0.3, 0.4) is 0 Å². The molecule has 4 nitrogen and oxygen atoms in total. The van der Waals surface area contributed by atoms with Crippen LogP contribution in [0.4, 0.5) is 0 Å². The van der Waals surface area contributed by atoms with Crippen molar-refractivity contribution in [2.75, 3.05) is 0 Å². The van der Waals surface area contributed by atoms with Crippen LogP contribution in [0.1, 0.15) is 22.3 Å². The van der Waals surface area contributed by atoms with Crippen LogP contribution in [0.5, 0.6) is 0 Å². The van der Waals surface area contributed by atoms with E-state index < -0.39 is 0 Å². The van der Waals surface area contributed by atoms with E-state index in [-0.39, 0.29) is 0 Å². The standard InChI is InChI=1S/C25H18N4/c1-17-18(2)24(29-13-12-28-25(29)19-6-4-3-5-7-19)11-10-23(17)20-8-9-21(15-26)22(14-20)16-27/h3-14H,1-2H3. The van der Waals surface area contributed by atoms with Gasteiger partial charge in [0, 0.05) is 18.0 Å². The molecule has 0 amide bonds. The molecular weight excluding hydrogens is 356 g/mol. The molecule has 0 aliphatic rings. The summed E-state index contributed by atoms with van der Waals surface area (Å²) in [5.41, 5.74) is 7.17. The second-order valence-corrected chi connectivity index (χ2v) is 6.85. The first-order chi connectivity index (χ1) is 14.1. The molecular formula is C25H18N4. The van der Waals surface area contributed by atoms with Crippen LogP contribution in [0.15, 0.2) is 73.1 Å². The third-order valence-electron chi connectivity index (χ3n) is 5.26. The highest BCUT2D eigenvalue weighted by molar-refractivity contribution is 5.74. The molecule has 0 bridgehead atoms. The molecule has 0 unspecified atom stereocenters. The monoisotopic (exact) mass is 374 g/mol. The van der Waals surface area contributed by atoms with Crippen LogP contribution in [0.25, 0.3) is 28.2 Å². The minimum absolute atomic E-state index is 0.395. The van der Waals surface area contributed by atoms with Gasteiger partial charge in [-0.1, -0.05) is 42.5 Å².